The number of hydrogen-bond acceptors (Lipinski definition) is 6. The number of aromatic nitrogens is 3. The average Bonchev–Trinajstić information content (AvgIpc) is 2.72. The number of pyridine rings is 3. The Labute approximate surface area is 165 Å². The van der Waals surface area contributed by atoms with E-state index in [4.69, 9.17) is 4.84 Å². The van der Waals surface area contributed by atoms with Crippen molar-refractivity contribution >= 4 is 17.4 Å². The van der Waals surface area contributed by atoms with Gasteiger partial charge in [-0.15, -0.1) is 0 Å². The van der Waals surface area contributed by atoms with Crippen molar-refractivity contribution in [2.75, 3.05) is 5.32 Å². The molecule has 9 heteroatoms. The molecule has 0 saturated heterocycles. The molecule has 3 heterocycles. The molecule has 7 nitrogen and oxygen atoms in total. The molecule has 3 rings (SSSR count). The summed E-state index contributed by atoms with van der Waals surface area (Å²) >= 11 is 0. The van der Waals surface area contributed by atoms with Crippen LogP contribution in [0.1, 0.15) is 34.8 Å². The first-order valence-corrected chi connectivity index (χ1v) is 8.71. The number of halogens is 2. The van der Waals surface area contributed by atoms with Gasteiger partial charge in [-0.05, 0) is 37.1 Å². The Morgan fingerprint density at radius 2 is 2.00 bits per heavy atom. The van der Waals surface area contributed by atoms with E-state index in [1.165, 1.54) is 12.4 Å². The Kier molecular flexibility index (Phi) is 6.18. The molecule has 0 spiro atoms. The topological polar surface area (TPSA) is 89.4 Å². The number of nitrogens with one attached hydrogen (secondary N) is 1. The third-order valence-electron chi connectivity index (χ3n) is 3.99. The molecule has 0 aliphatic carbocycles. The summed E-state index contributed by atoms with van der Waals surface area (Å²) in [5.74, 6) is -2.31. The molecule has 0 aromatic carbocycles. The Morgan fingerprint density at radius 3 is 2.66 bits per heavy atom. The summed E-state index contributed by atoms with van der Waals surface area (Å²) < 4.78 is 26.1. The molecule has 0 atom stereocenters. The first kappa shape index (κ1) is 20.0. The maximum Gasteiger partial charge on any atom is 0.258 e. The lowest BCUT2D eigenvalue weighted by Crippen LogP contribution is -2.15. The molecule has 0 fully saturated rings. The SMILES string of the molecule is CCC(=NOc1cnc(F)c(F)c1)c1ccc(NC(=O)c2cnccc2C)nc1. The van der Waals surface area contributed by atoms with Crippen molar-refractivity contribution in [1.82, 2.24) is 15.0 Å². The molecule has 1 N–H and O–H groups in total. The van der Waals surface area contributed by atoms with Crippen LogP contribution in [0, 0.1) is 18.7 Å². The number of carbonyl (C=O) groups is 1. The number of rotatable bonds is 6. The van der Waals surface area contributed by atoms with Crippen LogP contribution >= 0.6 is 0 Å². The molecule has 3 aromatic heterocycles. The summed E-state index contributed by atoms with van der Waals surface area (Å²) in [5.41, 5.74) is 2.45. The van der Waals surface area contributed by atoms with Crippen LogP contribution < -0.4 is 10.2 Å². The maximum absolute atomic E-state index is 13.2. The van der Waals surface area contributed by atoms with E-state index < -0.39 is 11.8 Å². The fourth-order valence-corrected chi connectivity index (χ4v) is 2.41. The van der Waals surface area contributed by atoms with Gasteiger partial charge in [0.1, 0.15) is 5.82 Å². The molecule has 0 saturated carbocycles. The number of aryl methyl sites for hydroxylation is 1. The van der Waals surface area contributed by atoms with E-state index in [-0.39, 0.29) is 11.7 Å². The third-order valence-corrected chi connectivity index (χ3v) is 3.99. The van der Waals surface area contributed by atoms with Gasteiger partial charge >= 0.3 is 0 Å². The van der Waals surface area contributed by atoms with E-state index in [0.29, 0.717) is 29.1 Å². The fraction of sp³-hybridized carbons (Fsp3) is 0.150. The summed E-state index contributed by atoms with van der Waals surface area (Å²) in [4.78, 5) is 28.9. The zero-order valence-corrected chi connectivity index (χ0v) is 15.7. The Hall–Kier alpha value is -3.75. The first-order chi connectivity index (χ1) is 14.0. The van der Waals surface area contributed by atoms with Gasteiger partial charge in [0, 0.05) is 30.2 Å². The van der Waals surface area contributed by atoms with Gasteiger partial charge < -0.3 is 10.2 Å². The molecule has 1 amide bonds. The number of carbonyl (C=O) groups excluding carboxylic acids is 1. The second-order valence-electron chi connectivity index (χ2n) is 6.00. The largest absolute Gasteiger partial charge is 0.355 e. The van der Waals surface area contributed by atoms with Gasteiger partial charge in [0.25, 0.3) is 5.91 Å². The van der Waals surface area contributed by atoms with Crippen LogP contribution in [0.3, 0.4) is 0 Å². The molecule has 29 heavy (non-hydrogen) atoms. The molecule has 0 aliphatic rings. The van der Waals surface area contributed by atoms with E-state index in [1.807, 2.05) is 13.8 Å². The van der Waals surface area contributed by atoms with Gasteiger partial charge in [0.05, 0.1) is 17.5 Å². The number of anilines is 1. The predicted octanol–water partition coefficient (Wildman–Crippen LogP) is 3.90. The van der Waals surface area contributed by atoms with Crippen molar-refractivity contribution in [3.05, 3.63) is 77.5 Å². The predicted molar refractivity (Wildman–Crippen MR) is 103 cm³/mol. The Morgan fingerprint density at radius 1 is 1.17 bits per heavy atom. The highest BCUT2D eigenvalue weighted by atomic mass is 19.2. The Bertz CT molecular complexity index is 1050. The standard InChI is InChI=1S/C20H17F2N5O2/c1-3-17(27-29-14-8-16(21)19(22)25-10-14)13-4-5-18(24-9-13)26-20(28)15-11-23-7-6-12(15)2/h4-11H,3H2,1-2H3,(H,24,26,28). The minimum absolute atomic E-state index is 0.0291. The van der Waals surface area contributed by atoms with Gasteiger partial charge in [-0.2, -0.15) is 4.39 Å². The minimum atomic E-state index is -1.21. The van der Waals surface area contributed by atoms with Gasteiger partial charge in [0.15, 0.2) is 11.6 Å². The van der Waals surface area contributed by atoms with Crippen LogP contribution in [0.15, 0.2) is 54.2 Å². The lowest BCUT2D eigenvalue weighted by molar-refractivity contribution is 0.102. The average molecular weight is 397 g/mol. The van der Waals surface area contributed by atoms with E-state index in [2.05, 4.69) is 25.4 Å². The number of nitrogens with zero attached hydrogens (tertiary/aromatic N) is 4. The van der Waals surface area contributed by atoms with Crippen molar-refractivity contribution in [2.24, 2.45) is 5.16 Å². The molecule has 3 aromatic rings. The van der Waals surface area contributed by atoms with Gasteiger partial charge in [-0.1, -0.05) is 12.1 Å². The summed E-state index contributed by atoms with van der Waals surface area (Å²) in [5, 5.41) is 6.66. The van der Waals surface area contributed by atoms with Crippen molar-refractivity contribution in [1.29, 1.82) is 0 Å². The normalized spacial score (nSPS) is 11.2. The smallest absolute Gasteiger partial charge is 0.258 e. The molecule has 0 bridgehead atoms. The minimum Gasteiger partial charge on any atom is -0.355 e. The molecule has 0 unspecified atom stereocenters. The second-order valence-corrected chi connectivity index (χ2v) is 6.00. The van der Waals surface area contributed by atoms with Crippen molar-refractivity contribution in [3.63, 3.8) is 0 Å². The zero-order chi connectivity index (χ0) is 20.8. The lowest BCUT2D eigenvalue weighted by Gasteiger charge is -2.08. The third kappa shape index (κ3) is 4.95. The highest BCUT2D eigenvalue weighted by Gasteiger charge is 2.11. The summed E-state index contributed by atoms with van der Waals surface area (Å²) in [6, 6.07) is 5.95. The molecular formula is C20H17F2N5O2. The molecule has 0 aliphatic heterocycles. The first-order valence-electron chi connectivity index (χ1n) is 8.71. The number of hydrogen-bond donors (Lipinski definition) is 1. The maximum atomic E-state index is 13.2. The van der Waals surface area contributed by atoms with Gasteiger partial charge in [-0.3, -0.25) is 9.78 Å². The van der Waals surface area contributed by atoms with E-state index in [1.54, 1.807) is 24.4 Å². The van der Waals surface area contributed by atoms with Crippen LogP contribution in [0.2, 0.25) is 0 Å². The fourth-order valence-electron chi connectivity index (χ4n) is 2.41. The van der Waals surface area contributed by atoms with Crippen molar-refractivity contribution in [3.8, 4) is 5.75 Å². The van der Waals surface area contributed by atoms with Gasteiger partial charge in [-0.25, -0.2) is 14.4 Å². The molecular weight excluding hydrogens is 380 g/mol. The van der Waals surface area contributed by atoms with Crippen LogP contribution in [0.4, 0.5) is 14.6 Å². The quantitative estimate of drug-likeness (QED) is 0.387. The van der Waals surface area contributed by atoms with Crippen LogP contribution in [-0.4, -0.2) is 26.6 Å². The highest BCUT2D eigenvalue weighted by Crippen LogP contribution is 2.15. The lowest BCUT2D eigenvalue weighted by atomic mass is 10.1. The van der Waals surface area contributed by atoms with E-state index in [9.17, 15) is 13.6 Å². The molecule has 0 radical (unpaired) electrons. The van der Waals surface area contributed by atoms with Crippen LogP contribution in [0.5, 0.6) is 5.75 Å². The summed E-state index contributed by atoms with van der Waals surface area (Å²) in [7, 11) is 0. The molecule has 148 valence electrons. The Balaban J connectivity index is 1.71. The number of amides is 1. The van der Waals surface area contributed by atoms with Crippen LogP contribution in [-0.2, 0) is 0 Å². The summed E-state index contributed by atoms with van der Waals surface area (Å²) in [6.45, 7) is 3.67. The van der Waals surface area contributed by atoms with Crippen LogP contribution in [0.25, 0.3) is 0 Å². The highest BCUT2D eigenvalue weighted by molar-refractivity contribution is 6.05. The van der Waals surface area contributed by atoms with E-state index >= 15 is 0 Å². The zero-order valence-electron chi connectivity index (χ0n) is 15.7. The monoisotopic (exact) mass is 397 g/mol. The summed E-state index contributed by atoms with van der Waals surface area (Å²) in [6.07, 6.45) is 6.17. The number of oxime groups is 1. The van der Waals surface area contributed by atoms with Crippen molar-refractivity contribution in [2.45, 2.75) is 20.3 Å². The van der Waals surface area contributed by atoms with Crippen molar-refractivity contribution < 1.29 is 18.4 Å². The van der Waals surface area contributed by atoms with E-state index in [0.717, 1.165) is 17.8 Å². The van der Waals surface area contributed by atoms with Gasteiger partial charge in [0.2, 0.25) is 5.95 Å². The second kappa shape index (κ2) is 8.96.